The van der Waals surface area contributed by atoms with Crippen molar-refractivity contribution in [1.82, 2.24) is 5.32 Å². The third-order valence-electron chi connectivity index (χ3n) is 16.7. The van der Waals surface area contributed by atoms with Gasteiger partial charge in [0.15, 0.2) is 12.4 Å². The summed E-state index contributed by atoms with van der Waals surface area (Å²) < 4.78 is 17.7. The highest BCUT2D eigenvalue weighted by Gasteiger charge is 2.47. The summed E-state index contributed by atoms with van der Waals surface area (Å²) in [4.78, 5) is 26.7. The van der Waals surface area contributed by atoms with Gasteiger partial charge >= 0.3 is 5.97 Å². The quantitative estimate of drug-likeness (QED) is 0.0195. The lowest BCUT2D eigenvalue weighted by Crippen LogP contribution is -2.61. The van der Waals surface area contributed by atoms with Crippen LogP contribution in [0.5, 0.6) is 0 Å². The van der Waals surface area contributed by atoms with Crippen LogP contribution in [0.2, 0.25) is 0 Å². The second-order valence-corrected chi connectivity index (χ2v) is 24.9. The molecule has 1 aliphatic heterocycles. The monoisotopic (exact) mass is 1250 g/mol. The van der Waals surface area contributed by atoms with E-state index < -0.39 is 67.4 Å². The SMILES string of the molecule is CC/C=C\C/C=C\C/C=C\C/C=C\C/C=C\CCCCCCCCCCCCC(O)C(=O)NC(COC1OC(CO)C(O)C(O)C1OC(=O)CCCCCCCCCCCC/C=C\C/C=C\C/C=C\CCCCC)C(O)/C=C/CCCCCCCCCCC. The van der Waals surface area contributed by atoms with Crippen LogP contribution in [0, 0.1) is 0 Å². The first-order chi connectivity index (χ1) is 43.7. The van der Waals surface area contributed by atoms with Crippen LogP contribution in [0.4, 0.5) is 0 Å². The summed E-state index contributed by atoms with van der Waals surface area (Å²) in [7, 11) is 0. The molecule has 512 valence electrons. The smallest absolute Gasteiger partial charge is 0.306 e. The Morgan fingerprint density at radius 3 is 1.24 bits per heavy atom. The van der Waals surface area contributed by atoms with Crippen LogP contribution in [-0.4, -0.2) is 99.6 Å². The van der Waals surface area contributed by atoms with Crippen LogP contribution in [-0.2, 0) is 23.8 Å². The van der Waals surface area contributed by atoms with E-state index in [0.29, 0.717) is 12.8 Å². The molecule has 1 heterocycles. The zero-order valence-electron chi connectivity index (χ0n) is 57.0. The number of carbonyl (C=O) groups is 2. The van der Waals surface area contributed by atoms with Gasteiger partial charge in [-0.3, -0.25) is 9.59 Å². The van der Waals surface area contributed by atoms with Crippen molar-refractivity contribution in [2.24, 2.45) is 0 Å². The first-order valence-corrected chi connectivity index (χ1v) is 36.7. The Morgan fingerprint density at radius 1 is 0.449 bits per heavy atom. The molecule has 1 amide bonds. The van der Waals surface area contributed by atoms with E-state index in [2.05, 4.69) is 123 Å². The Morgan fingerprint density at radius 2 is 0.809 bits per heavy atom. The number of aliphatic hydroxyl groups is 5. The first kappa shape index (κ1) is 83.3. The Kier molecular flexibility index (Phi) is 60.3. The van der Waals surface area contributed by atoms with Gasteiger partial charge in [0.05, 0.1) is 25.4 Å². The standard InChI is InChI=1S/C78H135NO10/c1-4-7-10-13-16-19-22-24-26-28-30-32-34-35-36-38-39-41-43-45-47-50-53-56-59-62-65-71(82)77(86)79-69(70(81)64-61-58-55-52-49-21-18-15-12-9-6-3)68-87-78-76(75(85)74(84)72(67-80)88-78)89-73(83)66-63-60-57-54-51-48-46-44-42-40-37-33-31-29-27-25-23-20-17-14-11-8-5-2/h7,10,16-17,19-20,24-27,30-33,35-36,61,64,69-72,74-76,78,80-82,84-85H,4-6,8-9,11-15,18,21-23,28-29,34,37-60,62-63,65-68H2,1-3H3,(H,79,86)/b10-7-,19-16-,20-17-,26-24-,27-25-,32-30-,33-31-,36-35-,64-61+. The summed E-state index contributed by atoms with van der Waals surface area (Å²) >= 11 is 0. The Hall–Kier alpha value is -3.68. The van der Waals surface area contributed by atoms with Crippen LogP contribution in [0.3, 0.4) is 0 Å². The van der Waals surface area contributed by atoms with Crippen molar-refractivity contribution in [3.63, 3.8) is 0 Å². The molecule has 0 aromatic rings. The maximum atomic E-state index is 13.5. The van der Waals surface area contributed by atoms with E-state index in [1.807, 2.05) is 6.08 Å². The predicted octanol–water partition coefficient (Wildman–Crippen LogP) is 19.2. The number of amides is 1. The molecule has 6 N–H and O–H groups in total. The molecule has 0 saturated carbocycles. The minimum absolute atomic E-state index is 0.115. The third-order valence-corrected chi connectivity index (χ3v) is 16.7. The van der Waals surface area contributed by atoms with Gasteiger partial charge in [-0.1, -0.05) is 304 Å². The lowest BCUT2D eigenvalue weighted by molar-refractivity contribution is -0.305. The normalized spacial score (nSPS) is 18.8. The molecule has 1 aliphatic rings. The molecule has 0 bridgehead atoms. The number of hydrogen-bond acceptors (Lipinski definition) is 10. The average molecular weight is 1250 g/mol. The summed E-state index contributed by atoms with van der Waals surface area (Å²) in [5.41, 5.74) is 0. The van der Waals surface area contributed by atoms with Gasteiger partial charge in [-0.25, -0.2) is 0 Å². The van der Waals surface area contributed by atoms with Gasteiger partial charge in [-0.15, -0.1) is 0 Å². The summed E-state index contributed by atoms with van der Waals surface area (Å²) in [5.74, 6) is -1.20. The van der Waals surface area contributed by atoms with Gasteiger partial charge in [0.1, 0.15) is 24.4 Å². The molecule has 11 heteroatoms. The van der Waals surface area contributed by atoms with Crippen LogP contribution in [0.15, 0.2) is 109 Å². The minimum Gasteiger partial charge on any atom is -0.454 e. The summed E-state index contributed by atoms with van der Waals surface area (Å²) in [6.07, 6.45) is 78.4. The molecule has 8 unspecified atom stereocenters. The number of unbranched alkanes of at least 4 members (excludes halogenated alkanes) is 32. The van der Waals surface area contributed by atoms with Crippen molar-refractivity contribution in [2.45, 2.75) is 359 Å². The second kappa shape index (κ2) is 64.4. The van der Waals surface area contributed by atoms with E-state index in [0.717, 1.165) is 116 Å². The fourth-order valence-corrected chi connectivity index (χ4v) is 10.9. The lowest BCUT2D eigenvalue weighted by atomic mass is 9.99. The van der Waals surface area contributed by atoms with Crippen LogP contribution in [0.1, 0.15) is 310 Å². The number of allylic oxidation sites excluding steroid dienone is 17. The van der Waals surface area contributed by atoms with E-state index in [4.69, 9.17) is 14.2 Å². The topological polar surface area (TPSA) is 175 Å². The molecule has 89 heavy (non-hydrogen) atoms. The Bertz CT molecular complexity index is 1870. The van der Waals surface area contributed by atoms with Gasteiger partial charge in [-0.2, -0.15) is 0 Å². The number of nitrogens with one attached hydrogen (secondary N) is 1. The third kappa shape index (κ3) is 51.5. The van der Waals surface area contributed by atoms with Crippen molar-refractivity contribution in [1.29, 1.82) is 0 Å². The summed E-state index contributed by atoms with van der Waals surface area (Å²) in [6.45, 7) is 5.66. The number of hydrogen-bond donors (Lipinski definition) is 6. The molecule has 0 radical (unpaired) electrons. The fraction of sp³-hybridized carbons (Fsp3) is 0.744. The number of esters is 1. The average Bonchev–Trinajstić information content (AvgIpc) is 2.45. The molecular weight excluding hydrogens is 1110 g/mol. The van der Waals surface area contributed by atoms with Crippen molar-refractivity contribution in [3.05, 3.63) is 109 Å². The minimum atomic E-state index is -1.62. The maximum Gasteiger partial charge on any atom is 0.306 e. The molecule has 8 atom stereocenters. The number of aliphatic hydroxyl groups excluding tert-OH is 5. The molecule has 0 spiro atoms. The van der Waals surface area contributed by atoms with Crippen LogP contribution in [0.25, 0.3) is 0 Å². The molecule has 1 saturated heterocycles. The molecule has 1 fully saturated rings. The van der Waals surface area contributed by atoms with E-state index >= 15 is 0 Å². The van der Waals surface area contributed by atoms with E-state index in [1.165, 1.54) is 148 Å². The molecule has 11 nitrogen and oxygen atoms in total. The fourth-order valence-electron chi connectivity index (χ4n) is 10.9. The van der Waals surface area contributed by atoms with Gasteiger partial charge in [0.2, 0.25) is 5.91 Å². The van der Waals surface area contributed by atoms with E-state index in [9.17, 15) is 35.1 Å². The Balaban J connectivity index is 2.54. The summed E-state index contributed by atoms with van der Waals surface area (Å²) in [5, 5.41) is 57.3. The van der Waals surface area contributed by atoms with Gasteiger partial charge < -0.3 is 45.1 Å². The van der Waals surface area contributed by atoms with Gasteiger partial charge in [0, 0.05) is 6.42 Å². The van der Waals surface area contributed by atoms with Crippen LogP contribution < -0.4 is 5.32 Å². The number of ether oxygens (including phenoxy) is 3. The van der Waals surface area contributed by atoms with Crippen molar-refractivity contribution in [3.8, 4) is 0 Å². The largest absolute Gasteiger partial charge is 0.454 e. The molecule has 1 rings (SSSR count). The molecular formula is C78H135NO10. The van der Waals surface area contributed by atoms with E-state index in [1.54, 1.807) is 6.08 Å². The van der Waals surface area contributed by atoms with E-state index in [-0.39, 0.29) is 19.4 Å². The van der Waals surface area contributed by atoms with Crippen molar-refractivity contribution >= 4 is 11.9 Å². The highest BCUT2D eigenvalue weighted by molar-refractivity contribution is 5.80. The zero-order valence-corrected chi connectivity index (χ0v) is 57.0. The van der Waals surface area contributed by atoms with Crippen molar-refractivity contribution in [2.75, 3.05) is 13.2 Å². The van der Waals surface area contributed by atoms with Crippen LogP contribution >= 0.6 is 0 Å². The van der Waals surface area contributed by atoms with Gasteiger partial charge in [0.25, 0.3) is 0 Å². The lowest BCUT2D eigenvalue weighted by Gasteiger charge is -2.41. The number of rotatable bonds is 62. The molecule has 0 aromatic carbocycles. The maximum absolute atomic E-state index is 13.5. The highest BCUT2D eigenvalue weighted by atomic mass is 16.7. The predicted molar refractivity (Wildman–Crippen MR) is 375 cm³/mol. The number of carbonyl (C=O) groups excluding carboxylic acids is 2. The summed E-state index contributed by atoms with van der Waals surface area (Å²) in [6, 6.07) is -1.03. The zero-order chi connectivity index (χ0) is 64.6. The highest BCUT2D eigenvalue weighted by Crippen LogP contribution is 2.26. The Labute approximate surface area is 545 Å². The van der Waals surface area contributed by atoms with Gasteiger partial charge in [-0.05, 0) is 109 Å². The van der Waals surface area contributed by atoms with Crippen molar-refractivity contribution < 1.29 is 49.3 Å². The molecule has 0 aliphatic carbocycles. The first-order valence-electron chi connectivity index (χ1n) is 36.7. The second-order valence-electron chi connectivity index (χ2n) is 24.9. The molecule has 0 aromatic heterocycles.